The van der Waals surface area contributed by atoms with Crippen molar-refractivity contribution >= 4 is 0 Å². The summed E-state index contributed by atoms with van der Waals surface area (Å²) >= 11 is 0. The quantitative estimate of drug-likeness (QED) is 0.0868. The summed E-state index contributed by atoms with van der Waals surface area (Å²) in [5.74, 6) is 0.504. The molecule has 0 saturated heterocycles. The summed E-state index contributed by atoms with van der Waals surface area (Å²) in [6.07, 6.45) is 44.2. The van der Waals surface area contributed by atoms with Gasteiger partial charge in [-0.05, 0) is 147 Å². The van der Waals surface area contributed by atoms with Gasteiger partial charge in [-0.2, -0.15) is 0 Å². The molecule has 0 spiro atoms. The highest BCUT2D eigenvalue weighted by atomic mass is 16.3. The first kappa shape index (κ1) is 48.5. The van der Waals surface area contributed by atoms with E-state index in [0.717, 1.165) is 38.5 Å². The average Bonchev–Trinajstić information content (AvgIpc) is 3.01. The van der Waals surface area contributed by atoms with Crippen molar-refractivity contribution in [3.63, 3.8) is 0 Å². The van der Waals surface area contributed by atoms with Crippen molar-refractivity contribution < 1.29 is 10.2 Å². The zero-order valence-electron chi connectivity index (χ0n) is 35.7. The third-order valence-electron chi connectivity index (χ3n) is 9.14. The second-order valence-corrected chi connectivity index (χ2v) is 16.3. The van der Waals surface area contributed by atoms with E-state index in [9.17, 15) is 10.2 Å². The minimum atomic E-state index is -0.673. The Labute approximate surface area is 321 Å². The van der Waals surface area contributed by atoms with E-state index in [2.05, 4.69) is 179 Å². The molecule has 2 atom stereocenters. The Hall–Kier alpha value is -3.46. The van der Waals surface area contributed by atoms with Crippen LogP contribution in [0.4, 0.5) is 0 Å². The molecule has 52 heavy (non-hydrogen) atoms. The largest absolute Gasteiger partial charge is 0.390 e. The van der Waals surface area contributed by atoms with Crippen molar-refractivity contribution in [3.05, 3.63) is 154 Å². The molecule has 0 aliphatic heterocycles. The average molecular weight is 709 g/mol. The molecule has 0 amide bonds. The Kier molecular flexibility index (Phi) is 24.6. The molecule has 0 bridgehead atoms. The molecule has 2 heteroatoms. The third-order valence-corrected chi connectivity index (χ3v) is 9.14. The van der Waals surface area contributed by atoms with Gasteiger partial charge in [0, 0.05) is 0 Å². The van der Waals surface area contributed by atoms with Gasteiger partial charge in [-0.15, -0.1) is 0 Å². The first-order valence-electron chi connectivity index (χ1n) is 19.3. The first-order chi connectivity index (χ1) is 24.2. The first-order valence-corrected chi connectivity index (χ1v) is 19.3. The second kappa shape index (κ2) is 26.3. The van der Waals surface area contributed by atoms with Crippen molar-refractivity contribution in [3.8, 4) is 0 Å². The second-order valence-electron chi connectivity index (χ2n) is 16.3. The normalized spacial score (nSPS) is 16.3. The lowest BCUT2D eigenvalue weighted by Crippen LogP contribution is -2.30. The maximum Gasteiger partial charge on any atom is 0.0622 e. The molecule has 0 aromatic carbocycles. The summed E-state index contributed by atoms with van der Waals surface area (Å²) in [4.78, 5) is 0. The number of hydrogen-bond donors (Lipinski definition) is 2. The van der Waals surface area contributed by atoms with E-state index in [1.54, 1.807) is 0 Å². The topological polar surface area (TPSA) is 40.5 Å². The highest BCUT2D eigenvalue weighted by Gasteiger charge is 2.26. The Morgan fingerprint density at radius 3 is 0.962 bits per heavy atom. The fraction of sp³-hybridized carbons (Fsp3) is 0.480. The monoisotopic (exact) mass is 709 g/mol. The minimum Gasteiger partial charge on any atom is -0.390 e. The Bertz CT molecular complexity index is 1350. The van der Waals surface area contributed by atoms with E-state index in [0.29, 0.717) is 0 Å². The summed E-state index contributed by atoms with van der Waals surface area (Å²) in [6, 6.07) is 0. The maximum atomic E-state index is 10.6. The molecule has 0 radical (unpaired) electrons. The van der Waals surface area contributed by atoms with Gasteiger partial charge in [-0.3, -0.25) is 0 Å². The van der Waals surface area contributed by atoms with Crippen molar-refractivity contribution in [2.24, 2.45) is 11.8 Å². The minimum absolute atomic E-state index is 0.252. The lowest BCUT2D eigenvalue weighted by atomic mass is 9.83. The van der Waals surface area contributed by atoms with Crippen LogP contribution in [0, 0.1) is 11.8 Å². The molecule has 2 N–H and O–H groups in total. The standard InChI is InChI=1S/C50H76O2/c1-39(2)31-35-47(49(11,12)51)37-33-45(9)29-19-27-43(7)25-17-23-41(5)21-15-16-22-42(6)24-18-26-44(8)28-20-30-46(10)34-38-48(50(13,14)52)36-32-40(3)4/h15-32,47-48,51-52H,33-38H2,1-14H3/b16-15+,23-17+,24-18+,27-19+,28-20+,41-21+,42-22+,43-25+,44-26+,45-29+,46-30+. The van der Waals surface area contributed by atoms with Crippen molar-refractivity contribution in [1.82, 2.24) is 0 Å². The molecule has 0 rings (SSSR count). The van der Waals surface area contributed by atoms with E-state index < -0.39 is 11.2 Å². The molecule has 0 aromatic rings. The van der Waals surface area contributed by atoms with Crippen LogP contribution in [-0.2, 0) is 0 Å². The lowest BCUT2D eigenvalue weighted by Gasteiger charge is -2.29. The molecule has 288 valence electrons. The SMILES string of the molecule is CC(C)=CCC(CC/C(C)=C/C=C/C(C)=C/C=C/C(C)=C/C=C/C=C(C)/C=C/C=C(C)/C=C/C=C(\C)CCC(CC=C(C)C)C(C)(C)O)C(C)(C)O. The zero-order chi connectivity index (χ0) is 39.7. The predicted molar refractivity (Wildman–Crippen MR) is 234 cm³/mol. The van der Waals surface area contributed by atoms with Crippen molar-refractivity contribution in [1.29, 1.82) is 0 Å². The van der Waals surface area contributed by atoms with E-state index in [1.807, 2.05) is 27.7 Å². The van der Waals surface area contributed by atoms with Gasteiger partial charge >= 0.3 is 0 Å². The van der Waals surface area contributed by atoms with Crippen molar-refractivity contribution in [2.45, 2.75) is 147 Å². The molecular formula is C50H76O2. The van der Waals surface area contributed by atoms with Crippen LogP contribution in [0.5, 0.6) is 0 Å². The van der Waals surface area contributed by atoms with Gasteiger partial charge in [0.05, 0.1) is 11.2 Å². The molecule has 0 heterocycles. The fourth-order valence-electron chi connectivity index (χ4n) is 5.31. The molecular weight excluding hydrogens is 633 g/mol. The fourth-order valence-corrected chi connectivity index (χ4v) is 5.31. The van der Waals surface area contributed by atoms with E-state index in [4.69, 9.17) is 0 Å². The van der Waals surface area contributed by atoms with Gasteiger partial charge in [0.15, 0.2) is 0 Å². The Balaban J connectivity index is 4.93. The number of rotatable bonds is 22. The highest BCUT2D eigenvalue weighted by molar-refractivity contribution is 5.32. The zero-order valence-corrected chi connectivity index (χ0v) is 35.7. The van der Waals surface area contributed by atoms with Gasteiger partial charge in [0.25, 0.3) is 0 Å². The van der Waals surface area contributed by atoms with Crippen LogP contribution in [0.25, 0.3) is 0 Å². The summed E-state index contributed by atoms with van der Waals surface area (Å²) in [7, 11) is 0. The van der Waals surface area contributed by atoms with Gasteiger partial charge in [0.1, 0.15) is 0 Å². The predicted octanol–water partition coefficient (Wildman–Crippen LogP) is 14.5. The molecule has 0 aliphatic carbocycles. The van der Waals surface area contributed by atoms with Crippen LogP contribution in [0.2, 0.25) is 0 Å². The van der Waals surface area contributed by atoms with Gasteiger partial charge in [-0.1, -0.05) is 154 Å². The van der Waals surface area contributed by atoms with E-state index in [1.165, 1.54) is 44.6 Å². The van der Waals surface area contributed by atoms with Crippen molar-refractivity contribution in [2.75, 3.05) is 0 Å². The van der Waals surface area contributed by atoms with Gasteiger partial charge < -0.3 is 10.2 Å². The summed E-state index contributed by atoms with van der Waals surface area (Å²) in [5.41, 5.74) is 8.68. The molecule has 2 nitrogen and oxygen atoms in total. The molecule has 2 unspecified atom stereocenters. The molecule has 0 saturated carbocycles. The maximum absolute atomic E-state index is 10.6. The van der Waals surface area contributed by atoms with Crippen LogP contribution in [0.1, 0.15) is 135 Å². The lowest BCUT2D eigenvalue weighted by molar-refractivity contribution is 0.0140. The third kappa shape index (κ3) is 27.2. The van der Waals surface area contributed by atoms with Gasteiger partial charge in [0.2, 0.25) is 0 Å². The van der Waals surface area contributed by atoms with Crippen LogP contribution in [-0.4, -0.2) is 21.4 Å². The Morgan fingerprint density at radius 1 is 0.423 bits per heavy atom. The summed E-state index contributed by atoms with van der Waals surface area (Å²) < 4.78 is 0. The number of hydrogen-bond acceptors (Lipinski definition) is 2. The summed E-state index contributed by atoms with van der Waals surface area (Å²) in [5, 5.41) is 21.2. The van der Waals surface area contributed by atoms with Crippen LogP contribution < -0.4 is 0 Å². The molecule has 0 aliphatic rings. The smallest absolute Gasteiger partial charge is 0.0622 e. The molecule has 0 fully saturated rings. The summed E-state index contributed by atoms with van der Waals surface area (Å²) in [6.45, 7) is 28.9. The van der Waals surface area contributed by atoms with Crippen LogP contribution in [0.3, 0.4) is 0 Å². The highest BCUT2D eigenvalue weighted by Crippen LogP contribution is 2.29. The molecule has 0 aromatic heterocycles. The van der Waals surface area contributed by atoms with Gasteiger partial charge in [-0.25, -0.2) is 0 Å². The van der Waals surface area contributed by atoms with Crippen LogP contribution >= 0.6 is 0 Å². The van der Waals surface area contributed by atoms with Crippen LogP contribution in [0.15, 0.2) is 154 Å². The van der Waals surface area contributed by atoms with E-state index in [-0.39, 0.29) is 11.8 Å². The number of aliphatic hydroxyl groups is 2. The number of allylic oxidation sites excluding steroid dienone is 26. The van der Waals surface area contributed by atoms with E-state index >= 15 is 0 Å². The Morgan fingerprint density at radius 2 is 0.692 bits per heavy atom.